The highest BCUT2D eigenvalue weighted by atomic mass is 32.2. The number of nitrogens with zero attached hydrogens (tertiary/aromatic N) is 1. The van der Waals surface area contributed by atoms with Gasteiger partial charge in [0.1, 0.15) is 12.1 Å². The number of aliphatic carboxylic acids is 3. The van der Waals surface area contributed by atoms with Crippen LogP contribution >= 0.6 is 11.8 Å². The summed E-state index contributed by atoms with van der Waals surface area (Å²) < 4.78 is 10.4. The molecule has 0 amide bonds. The highest BCUT2D eigenvalue weighted by molar-refractivity contribution is 7.99. The lowest BCUT2D eigenvalue weighted by atomic mass is 10.2. The lowest BCUT2D eigenvalue weighted by Crippen LogP contribution is -2.48. The Morgan fingerprint density at radius 3 is 1.77 bits per heavy atom. The van der Waals surface area contributed by atoms with Crippen LogP contribution in [0.2, 0.25) is 0 Å². The van der Waals surface area contributed by atoms with Gasteiger partial charge in [-0.2, -0.15) is 11.8 Å². The first-order chi connectivity index (χ1) is 14.2. The first-order valence-electron chi connectivity index (χ1n) is 9.28. The molecule has 0 aromatic rings. The van der Waals surface area contributed by atoms with Gasteiger partial charge in [-0.1, -0.05) is 0 Å². The molecule has 0 aliphatic heterocycles. The van der Waals surface area contributed by atoms with E-state index in [2.05, 4.69) is 0 Å². The summed E-state index contributed by atoms with van der Waals surface area (Å²) in [4.78, 5) is 33.9. The number of hydrogen-bond acceptors (Lipinski definition) is 10. The van der Waals surface area contributed by atoms with Gasteiger partial charge in [0.2, 0.25) is 0 Å². The van der Waals surface area contributed by atoms with Crippen molar-refractivity contribution in [2.24, 2.45) is 0 Å². The maximum Gasteiger partial charge on any atom is 0.321 e. The largest absolute Gasteiger partial charge is 0.480 e. The standard InChI is InChI=1S/C17H31NO11S/c19-7-12(20)8-28-3-1-2-4-29-9-13(21)10-30-11-14(17(26)27)18(5-15(22)23)6-16(24)25/h12-14,19-21H,1-11H2,(H,22,23)(H,24,25)(H,26,27). The molecule has 0 aliphatic rings. The van der Waals surface area contributed by atoms with Crippen LogP contribution in [0, 0.1) is 0 Å². The van der Waals surface area contributed by atoms with Crippen LogP contribution < -0.4 is 0 Å². The lowest BCUT2D eigenvalue weighted by molar-refractivity contribution is -0.148. The molecule has 13 heteroatoms. The predicted molar refractivity (Wildman–Crippen MR) is 106 cm³/mol. The molecule has 3 unspecified atom stereocenters. The minimum atomic E-state index is -1.34. The Balaban J connectivity index is 4.06. The van der Waals surface area contributed by atoms with Crippen molar-refractivity contribution in [3.63, 3.8) is 0 Å². The Bertz CT molecular complexity index is 492. The molecule has 0 aliphatic carbocycles. The first-order valence-corrected chi connectivity index (χ1v) is 10.4. The van der Waals surface area contributed by atoms with Gasteiger partial charge in [0.15, 0.2) is 0 Å². The topological polar surface area (TPSA) is 194 Å². The summed E-state index contributed by atoms with van der Waals surface area (Å²) in [6.45, 7) is -0.946. The zero-order valence-electron chi connectivity index (χ0n) is 16.6. The second-order valence-corrected chi connectivity index (χ2v) is 7.51. The predicted octanol–water partition coefficient (Wildman–Crippen LogP) is -1.83. The van der Waals surface area contributed by atoms with E-state index in [1.54, 1.807) is 0 Å². The van der Waals surface area contributed by atoms with E-state index in [1.165, 1.54) is 0 Å². The van der Waals surface area contributed by atoms with E-state index in [4.69, 9.17) is 29.9 Å². The summed E-state index contributed by atoms with van der Waals surface area (Å²) in [6, 6.07) is -1.32. The van der Waals surface area contributed by atoms with Crippen molar-refractivity contribution in [3.05, 3.63) is 0 Å². The molecule has 0 fully saturated rings. The van der Waals surface area contributed by atoms with Gasteiger partial charge in [-0.3, -0.25) is 19.3 Å². The summed E-state index contributed by atoms with van der Waals surface area (Å²) in [5, 5.41) is 54.6. The summed E-state index contributed by atoms with van der Waals surface area (Å²) in [5.41, 5.74) is 0. The molecule has 0 rings (SSSR count). The summed E-state index contributed by atoms with van der Waals surface area (Å²) >= 11 is 1.06. The van der Waals surface area contributed by atoms with Crippen LogP contribution in [0.1, 0.15) is 12.8 Å². The van der Waals surface area contributed by atoms with Crippen molar-refractivity contribution in [2.75, 3.05) is 57.6 Å². The van der Waals surface area contributed by atoms with Crippen LogP contribution in [0.15, 0.2) is 0 Å². The number of hydrogen-bond donors (Lipinski definition) is 6. The zero-order chi connectivity index (χ0) is 22.9. The Hall–Kier alpha value is -1.48. The van der Waals surface area contributed by atoms with Crippen molar-refractivity contribution >= 4 is 29.7 Å². The monoisotopic (exact) mass is 457 g/mol. The van der Waals surface area contributed by atoms with Crippen molar-refractivity contribution < 1.29 is 54.5 Å². The Morgan fingerprint density at radius 2 is 1.33 bits per heavy atom. The van der Waals surface area contributed by atoms with E-state index in [0.717, 1.165) is 16.7 Å². The Morgan fingerprint density at radius 1 is 0.833 bits per heavy atom. The third-order valence-electron chi connectivity index (χ3n) is 3.65. The van der Waals surface area contributed by atoms with E-state index >= 15 is 0 Å². The molecule has 0 radical (unpaired) electrons. The highest BCUT2D eigenvalue weighted by Gasteiger charge is 2.29. The SMILES string of the molecule is O=C(O)CN(CC(=O)O)C(CSCC(O)COCCCCOCC(O)CO)C(=O)O. The van der Waals surface area contributed by atoms with Gasteiger partial charge >= 0.3 is 17.9 Å². The quantitative estimate of drug-likeness (QED) is 0.112. The van der Waals surface area contributed by atoms with Gasteiger partial charge in [0.25, 0.3) is 0 Å². The molecule has 0 saturated heterocycles. The van der Waals surface area contributed by atoms with Crippen molar-refractivity contribution in [2.45, 2.75) is 31.1 Å². The Labute approximate surface area is 178 Å². The van der Waals surface area contributed by atoms with E-state index < -0.39 is 49.2 Å². The summed E-state index contributed by atoms with van der Waals surface area (Å²) in [6.07, 6.45) is -0.426. The summed E-state index contributed by atoms with van der Waals surface area (Å²) in [5.74, 6) is -3.97. The number of thioether (sulfide) groups is 1. The van der Waals surface area contributed by atoms with Gasteiger partial charge in [-0.05, 0) is 12.8 Å². The average molecular weight is 457 g/mol. The summed E-state index contributed by atoms with van der Waals surface area (Å²) in [7, 11) is 0. The molecule has 0 aromatic carbocycles. The normalized spacial score (nSPS) is 14.4. The van der Waals surface area contributed by atoms with Gasteiger partial charge in [-0.15, -0.1) is 0 Å². The number of carboxylic acids is 3. The van der Waals surface area contributed by atoms with Crippen LogP contribution in [0.3, 0.4) is 0 Å². The van der Waals surface area contributed by atoms with E-state index in [-0.39, 0.29) is 31.3 Å². The molecule has 0 aromatic heterocycles. The third-order valence-corrected chi connectivity index (χ3v) is 4.82. The number of aliphatic hydroxyl groups excluding tert-OH is 3. The number of carbonyl (C=O) groups is 3. The van der Waals surface area contributed by atoms with Crippen molar-refractivity contribution in [3.8, 4) is 0 Å². The van der Waals surface area contributed by atoms with Crippen LogP contribution in [0.4, 0.5) is 0 Å². The second-order valence-electron chi connectivity index (χ2n) is 6.43. The van der Waals surface area contributed by atoms with Gasteiger partial charge < -0.3 is 40.1 Å². The van der Waals surface area contributed by atoms with Crippen molar-refractivity contribution in [1.82, 2.24) is 4.90 Å². The molecular formula is C17H31NO11S. The molecule has 3 atom stereocenters. The van der Waals surface area contributed by atoms with Crippen LogP contribution in [0.5, 0.6) is 0 Å². The van der Waals surface area contributed by atoms with E-state index in [9.17, 15) is 24.6 Å². The minimum Gasteiger partial charge on any atom is -0.480 e. The fourth-order valence-corrected chi connectivity index (χ4v) is 3.30. The van der Waals surface area contributed by atoms with Crippen LogP contribution in [-0.2, 0) is 23.9 Å². The number of unbranched alkanes of at least 4 members (excludes halogenated alkanes) is 1. The lowest BCUT2D eigenvalue weighted by Gasteiger charge is -2.25. The number of ether oxygens (including phenoxy) is 2. The zero-order valence-corrected chi connectivity index (χ0v) is 17.4. The number of carboxylic acid groups (broad SMARTS) is 3. The third kappa shape index (κ3) is 15.4. The number of rotatable bonds is 20. The molecule has 12 nitrogen and oxygen atoms in total. The maximum atomic E-state index is 11.4. The van der Waals surface area contributed by atoms with Crippen LogP contribution in [0.25, 0.3) is 0 Å². The molecular weight excluding hydrogens is 426 g/mol. The average Bonchev–Trinajstić information content (AvgIpc) is 2.65. The molecule has 6 N–H and O–H groups in total. The maximum absolute atomic E-state index is 11.4. The molecule has 176 valence electrons. The van der Waals surface area contributed by atoms with Gasteiger partial charge in [0, 0.05) is 24.7 Å². The van der Waals surface area contributed by atoms with Gasteiger partial charge in [0.05, 0.1) is 39.0 Å². The molecule has 0 heterocycles. The van der Waals surface area contributed by atoms with Crippen LogP contribution in [-0.4, -0.2) is 129 Å². The second kappa shape index (κ2) is 17.2. The van der Waals surface area contributed by atoms with Gasteiger partial charge in [-0.25, -0.2) is 0 Å². The van der Waals surface area contributed by atoms with E-state index in [1.807, 2.05) is 0 Å². The molecule has 0 bridgehead atoms. The highest BCUT2D eigenvalue weighted by Crippen LogP contribution is 2.12. The molecule has 0 spiro atoms. The first kappa shape index (κ1) is 28.5. The minimum absolute atomic E-state index is 0.0305. The molecule has 0 saturated carbocycles. The Kier molecular flexibility index (Phi) is 16.4. The smallest absolute Gasteiger partial charge is 0.321 e. The fraction of sp³-hybridized carbons (Fsp3) is 0.824. The van der Waals surface area contributed by atoms with E-state index in [0.29, 0.717) is 26.1 Å². The fourth-order valence-electron chi connectivity index (χ4n) is 2.22. The van der Waals surface area contributed by atoms with Crippen molar-refractivity contribution in [1.29, 1.82) is 0 Å². The number of aliphatic hydroxyl groups is 3. The molecule has 30 heavy (non-hydrogen) atoms.